The Labute approximate surface area is 93.4 Å². The summed E-state index contributed by atoms with van der Waals surface area (Å²) in [5.74, 6) is 0. The van der Waals surface area contributed by atoms with Crippen molar-refractivity contribution in [1.82, 2.24) is 10.2 Å². The second-order valence-corrected chi connectivity index (χ2v) is 6.08. The molecule has 0 aromatic rings. The lowest BCUT2D eigenvalue weighted by Gasteiger charge is -2.51. The summed E-state index contributed by atoms with van der Waals surface area (Å²) in [6.07, 6.45) is 9.98. The summed E-state index contributed by atoms with van der Waals surface area (Å²) in [5, 5.41) is 3.80. The first-order valence-electron chi connectivity index (χ1n) is 6.77. The van der Waals surface area contributed by atoms with E-state index in [9.17, 15) is 0 Å². The van der Waals surface area contributed by atoms with Crippen LogP contribution in [0, 0.1) is 0 Å². The van der Waals surface area contributed by atoms with Gasteiger partial charge in [-0.1, -0.05) is 0 Å². The maximum atomic E-state index is 3.80. The molecule has 2 aliphatic carbocycles. The second-order valence-electron chi connectivity index (χ2n) is 6.08. The van der Waals surface area contributed by atoms with Gasteiger partial charge in [0.15, 0.2) is 0 Å². The lowest BCUT2D eigenvalue weighted by molar-refractivity contribution is 0.00697. The van der Waals surface area contributed by atoms with Gasteiger partial charge in [0.2, 0.25) is 0 Å². The topological polar surface area (TPSA) is 15.3 Å². The minimum Gasteiger partial charge on any atom is -0.310 e. The molecule has 0 radical (unpaired) electrons. The van der Waals surface area contributed by atoms with Gasteiger partial charge in [-0.3, -0.25) is 4.90 Å². The fourth-order valence-corrected chi connectivity index (χ4v) is 3.19. The van der Waals surface area contributed by atoms with Crippen molar-refractivity contribution in [2.45, 2.75) is 69.5 Å². The van der Waals surface area contributed by atoms with Gasteiger partial charge in [-0.2, -0.15) is 0 Å². The van der Waals surface area contributed by atoms with Gasteiger partial charge < -0.3 is 5.32 Å². The molecule has 3 fully saturated rings. The lowest BCUT2D eigenvalue weighted by Crippen LogP contribution is -2.58. The molecule has 1 aliphatic heterocycles. The van der Waals surface area contributed by atoms with Crippen molar-refractivity contribution in [2.24, 2.45) is 0 Å². The highest BCUT2D eigenvalue weighted by Gasteiger charge is 2.40. The van der Waals surface area contributed by atoms with Gasteiger partial charge in [-0.05, 0) is 58.4 Å². The summed E-state index contributed by atoms with van der Waals surface area (Å²) in [7, 11) is 0. The molecule has 2 nitrogen and oxygen atoms in total. The Kier molecular flexibility index (Phi) is 2.52. The second kappa shape index (κ2) is 3.74. The first-order chi connectivity index (χ1) is 7.26. The summed E-state index contributed by atoms with van der Waals surface area (Å²) in [6.45, 7) is 5.13. The third-order valence-corrected chi connectivity index (χ3v) is 4.66. The van der Waals surface area contributed by atoms with Crippen molar-refractivity contribution >= 4 is 0 Å². The molecule has 3 rings (SSSR count). The van der Waals surface area contributed by atoms with E-state index in [0.717, 1.165) is 12.1 Å². The zero-order valence-electron chi connectivity index (χ0n) is 9.97. The molecule has 15 heavy (non-hydrogen) atoms. The molecule has 3 aliphatic rings. The highest BCUT2D eigenvalue weighted by Crippen LogP contribution is 2.38. The van der Waals surface area contributed by atoms with Gasteiger partial charge in [0.05, 0.1) is 0 Å². The zero-order valence-corrected chi connectivity index (χ0v) is 9.97. The molecule has 0 spiro atoms. The Bertz CT molecular complexity index is 231. The van der Waals surface area contributed by atoms with E-state index in [2.05, 4.69) is 17.1 Å². The average molecular weight is 208 g/mol. The average Bonchev–Trinajstić information content (AvgIpc) is 2.98. The maximum Gasteiger partial charge on any atom is 0.0198 e. The van der Waals surface area contributed by atoms with Crippen LogP contribution in [-0.2, 0) is 0 Å². The standard InChI is InChI=1S/C13H24N2/c1-13(7-3-8-13)15-9-2-4-12(10-15)14-11-5-6-11/h11-12,14H,2-10H2,1H3. The minimum atomic E-state index is 0.573. The Morgan fingerprint density at radius 2 is 1.87 bits per heavy atom. The monoisotopic (exact) mass is 208 g/mol. The van der Waals surface area contributed by atoms with Crippen molar-refractivity contribution in [1.29, 1.82) is 0 Å². The van der Waals surface area contributed by atoms with Crippen molar-refractivity contribution in [3.05, 3.63) is 0 Å². The van der Waals surface area contributed by atoms with E-state index in [0.29, 0.717) is 5.54 Å². The van der Waals surface area contributed by atoms with E-state index in [1.165, 1.54) is 58.0 Å². The van der Waals surface area contributed by atoms with Crippen LogP contribution in [0.5, 0.6) is 0 Å². The van der Waals surface area contributed by atoms with Gasteiger partial charge in [0, 0.05) is 24.2 Å². The molecule has 0 amide bonds. The Morgan fingerprint density at radius 1 is 1.07 bits per heavy atom. The molecule has 2 heteroatoms. The van der Waals surface area contributed by atoms with Gasteiger partial charge in [0.25, 0.3) is 0 Å². The molecule has 1 heterocycles. The molecule has 2 saturated carbocycles. The number of nitrogens with zero attached hydrogens (tertiary/aromatic N) is 1. The van der Waals surface area contributed by atoms with Crippen LogP contribution in [-0.4, -0.2) is 35.6 Å². The summed E-state index contributed by atoms with van der Waals surface area (Å²) < 4.78 is 0. The molecule has 0 aromatic carbocycles. The molecule has 0 aromatic heterocycles. The van der Waals surface area contributed by atoms with Crippen molar-refractivity contribution in [2.75, 3.05) is 13.1 Å². The van der Waals surface area contributed by atoms with Crippen LogP contribution in [0.3, 0.4) is 0 Å². The predicted molar refractivity (Wildman–Crippen MR) is 63.0 cm³/mol. The quantitative estimate of drug-likeness (QED) is 0.764. The van der Waals surface area contributed by atoms with Crippen LogP contribution in [0.15, 0.2) is 0 Å². The van der Waals surface area contributed by atoms with E-state index >= 15 is 0 Å². The molecule has 0 bridgehead atoms. The van der Waals surface area contributed by atoms with Crippen LogP contribution in [0.25, 0.3) is 0 Å². The summed E-state index contributed by atoms with van der Waals surface area (Å²) in [4.78, 5) is 2.76. The zero-order chi connectivity index (χ0) is 10.3. The Hall–Kier alpha value is -0.0800. The van der Waals surface area contributed by atoms with Crippen molar-refractivity contribution in [3.8, 4) is 0 Å². The van der Waals surface area contributed by atoms with Gasteiger partial charge in [-0.15, -0.1) is 0 Å². The molecule has 1 saturated heterocycles. The highest BCUT2D eigenvalue weighted by atomic mass is 15.2. The van der Waals surface area contributed by atoms with E-state index in [4.69, 9.17) is 0 Å². The highest BCUT2D eigenvalue weighted by molar-refractivity contribution is 4.98. The number of likely N-dealkylation sites (tertiary alicyclic amines) is 1. The third kappa shape index (κ3) is 2.07. The number of hydrogen-bond acceptors (Lipinski definition) is 2. The van der Waals surface area contributed by atoms with Gasteiger partial charge >= 0.3 is 0 Å². The van der Waals surface area contributed by atoms with Crippen LogP contribution < -0.4 is 5.32 Å². The fraction of sp³-hybridized carbons (Fsp3) is 1.00. The largest absolute Gasteiger partial charge is 0.310 e. The maximum absolute atomic E-state index is 3.80. The predicted octanol–water partition coefficient (Wildman–Crippen LogP) is 2.15. The number of hydrogen-bond donors (Lipinski definition) is 1. The minimum absolute atomic E-state index is 0.573. The van der Waals surface area contributed by atoms with Crippen LogP contribution in [0.2, 0.25) is 0 Å². The van der Waals surface area contributed by atoms with E-state index in [-0.39, 0.29) is 0 Å². The third-order valence-electron chi connectivity index (χ3n) is 4.66. The van der Waals surface area contributed by atoms with Crippen molar-refractivity contribution < 1.29 is 0 Å². The molecular formula is C13H24N2. The van der Waals surface area contributed by atoms with Crippen LogP contribution in [0.1, 0.15) is 51.9 Å². The summed E-state index contributed by atoms with van der Waals surface area (Å²) in [5.41, 5.74) is 0.573. The Morgan fingerprint density at radius 3 is 2.47 bits per heavy atom. The summed E-state index contributed by atoms with van der Waals surface area (Å²) in [6, 6.07) is 1.67. The fourth-order valence-electron chi connectivity index (χ4n) is 3.19. The van der Waals surface area contributed by atoms with Gasteiger partial charge in [-0.25, -0.2) is 0 Å². The van der Waals surface area contributed by atoms with Gasteiger partial charge in [0.1, 0.15) is 0 Å². The Balaban J connectivity index is 1.55. The first kappa shape index (κ1) is 10.1. The van der Waals surface area contributed by atoms with Crippen molar-refractivity contribution in [3.63, 3.8) is 0 Å². The van der Waals surface area contributed by atoms with E-state index < -0.39 is 0 Å². The van der Waals surface area contributed by atoms with E-state index in [1.807, 2.05) is 0 Å². The van der Waals surface area contributed by atoms with Crippen LogP contribution in [0.4, 0.5) is 0 Å². The normalized spacial score (nSPS) is 36.2. The molecule has 1 N–H and O–H groups in total. The van der Waals surface area contributed by atoms with Crippen LogP contribution >= 0.6 is 0 Å². The SMILES string of the molecule is CC1(N2CCCC(NC3CC3)C2)CCC1. The number of nitrogens with one attached hydrogen (secondary N) is 1. The molecule has 1 atom stereocenters. The molecule has 1 unspecified atom stereocenters. The molecule has 86 valence electrons. The number of piperidine rings is 1. The molecular weight excluding hydrogens is 184 g/mol. The van der Waals surface area contributed by atoms with E-state index in [1.54, 1.807) is 0 Å². The summed E-state index contributed by atoms with van der Waals surface area (Å²) >= 11 is 0. The lowest BCUT2D eigenvalue weighted by atomic mass is 9.76. The smallest absolute Gasteiger partial charge is 0.0198 e. The number of rotatable bonds is 3. The first-order valence-corrected chi connectivity index (χ1v) is 6.77.